The van der Waals surface area contributed by atoms with Gasteiger partial charge in [0.1, 0.15) is 6.10 Å². The van der Waals surface area contributed by atoms with E-state index in [0.717, 1.165) is 42.3 Å². The normalized spacial score (nSPS) is 20.1. The van der Waals surface area contributed by atoms with Crippen molar-refractivity contribution in [1.82, 2.24) is 4.98 Å². The highest BCUT2D eigenvalue weighted by Crippen LogP contribution is 2.44. The second-order valence-electron chi connectivity index (χ2n) is 6.31. The summed E-state index contributed by atoms with van der Waals surface area (Å²) in [5.74, 6) is 0. The van der Waals surface area contributed by atoms with Gasteiger partial charge in [-0.25, -0.2) is 0 Å². The third-order valence-corrected chi connectivity index (χ3v) is 4.99. The number of fused-ring (bicyclic) bond motifs is 1. The van der Waals surface area contributed by atoms with Gasteiger partial charge in [0.05, 0.1) is 11.2 Å². The zero-order valence-corrected chi connectivity index (χ0v) is 12.5. The van der Waals surface area contributed by atoms with Crippen molar-refractivity contribution in [3.8, 4) is 0 Å². The molecule has 0 bridgehead atoms. The minimum Gasteiger partial charge on any atom is -0.386 e. The third-order valence-electron chi connectivity index (χ3n) is 4.99. The first kappa shape index (κ1) is 14.5. The first-order valence-corrected chi connectivity index (χ1v) is 7.99. The Morgan fingerprint density at radius 2 is 1.76 bits per heavy atom. The fraction of sp³-hybridized carbons (Fsp3) is 0.500. The molecule has 3 heteroatoms. The number of benzene rings is 1. The Balaban J connectivity index is 1.95. The van der Waals surface area contributed by atoms with Crippen molar-refractivity contribution in [2.75, 3.05) is 6.54 Å². The number of hydrogen-bond acceptors (Lipinski definition) is 3. The highest BCUT2D eigenvalue weighted by atomic mass is 16.3. The van der Waals surface area contributed by atoms with E-state index in [1.54, 1.807) is 0 Å². The lowest BCUT2D eigenvalue weighted by atomic mass is 9.74. The van der Waals surface area contributed by atoms with Crippen molar-refractivity contribution in [1.29, 1.82) is 0 Å². The number of aliphatic hydroxyl groups excluding tert-OH is 1. The summed E-state index contributed by atoms with van der Waals surface area (Å²) in [5, 5.41) is 12.0. The van der Waals surface area contributed by atoms with Gasteiger partial charge in [-0.1, -0.05) is 49.9 Å². The molecule has 3 N–H and O–H groups in total. The van der Waals surface area contributed by atoms with Gasteiger partial charge in [0.15, 0.2) is 0 Å². The Bertz CT molecular complexity index is 603. The molecule has 1 aliphatic carbocycles. The zero-order valence-electron chi connectivity index (χ0n) is 12.5. The van der Waals surface area contributed by atoms with E-state index in [1.807, 2.05) is 36.4 Å². The lowest BCUT2D eigenvalue weighted by molar-refractivity contribution is 0.0138. The standard InChI is InChI=1S/C18H24N2O/c19-13-18(11-5-1-2-6-12-18)17(21)16-10-9-14-7-3-4-8-15(14)20-16/h3-4,7-10,17,21H,1-2,5-6,11-13,19H2. The van der Waals surface area contributed by atoms with Gasteiger partial charge in [-0.3, -0.25) is 4.98 Å². The first-order valence-electron chi connectivity index (χ1n) is 7.99. The number of nitrogens with two attached hydrogens (primary N) is 1. The van der Waals surface area contributed by atoms with Crippen LogP contribution in [0.25, 0.3) is 10.9 Å². The maximum absolute atomic E-state index is 10.9. The van der Waals surface area contributed by atoms with E-state index >= 15 is 0 Å². The fourth-order valence-electron chi connectivity index (χ4n) is 3.57. The van der Waals surface area contributed by atoms with Crippen LogP contribution in [-0.2, 0) is 0 Å². The van der Waals surface area contributed by atoms with Crippen molar-refractivity contribution < 1.29 is 5.11 Å². The van der Waals surface area contributed by atoms with Gasteiger partial charge in [-0.2, -0.15) is 0 Å². The molecule has 0 saturated heterocycles. The second-order valence-corrected chi connectivity index (χ2v) is 6.31. The first-order chi connectivity index (χ1) is 10.2. The van der Waals surface area contributed by atoms with Crippen molar-refractivity contribution in [3.63, 3.8) is 0 Å². The SMILES string of the molecule is NCC1(C(O)c2ccc3ccccc3n2)CCCCCC1. The molecule has 0 spiro atoms. The Morgan fingerprint density at radius 1 is 1.05 bits per heavy atom. The molecular weight excluding hydrogens is 260 g/mol. The summed E-state index contributed by atoms with van der Waals surface area (Å²) in [6.45, 7) is 0.530. The Hall–Kier alpha value is -1.45. The molecule has 1 aliphatic rings. The Labute approximate surface area is 126 Å². The number of rotatable bonds is 3. The summed E-state index contributed by atoms with van der Waals surface area (Å²) in [4.78, 5) is 4.67. The molecule has 1 unspecified atom stereocenters. The predicted molar refractivity (Wildman–Crippen MR) is 85.9 cm³/mol. The molecule has 0 radical (unpaired) electrons. The van der Waals surface area contributed by atoms with Crippen LogP contribution in [0.2, 0.25) is 0 Å². The maximum Gasteiger partial charge on any atom is 0.103 e. The minimum absolute atomic E-state index is 0.202. The van der Waals surface area contributed by atoms with Gasteiger partial charge in [0, 0.05) is 17.3 Å². The van der Waals surface area contributed by atoms with Crippen LogP contribution in [0.3, 0.4) is 0 Å². The second kappa shape index (κ2) is 6.12. The molecule has 3 nitrogen and oxygen atoms in total. The summed E-state index contributed by atoms with van der Waals surface area (Å²) in [6.07, 6.45) is 6.24. The van der Waals surface area contributed by atoms with Gasteiger partial charge in [0.25, 0.3) is 0 Å². The molecule has 1 atom stereocenters. The van der Waals surface area contributed by atoms with Gasteiger partial charge in [-0.15, -0.1) is 0 Å². The van der Waals surface area contributed by atoms with E-state index in [-0.39, 0.29) is 5.41 Å². The van der Waals surface area contributed by atoms with Gasteiger partial charge >= 0.3 is 0 Å². The molecule has 1 aromatic carbocycles. The van der Waals surface area contributed by atoms with Crippen molar-refractivity contribution in [3.05, 3.63) is 42.1 Å². The van der Waals surface area contributed by atoms with Crippen LogP contribution in [0.15, 0.2) is 36.4 Å². The average Bonchev–Trinajstić information content (AvgIpc) is 2.80. The highest BCUT2D eigenvalue weighted by Gasteiger charge is 2.38. The molecule has 2 aromatic rings. The smallest absolute Gasteiger partial charge is 0.103 e. The number of para-hydroxylation sites is 1. The van der Waals surface area contributed by atoms with Crippen LogP contribution >= 0.6 is 0 Å². The van der Waals surface area contributed by atoms with E-state index in [9.17, 15) is 5.11 Å². The molecule has 21 heavy (non-hydrogen) atoms. The fourth-order valence-corrected chi connectivity index (χ4v) is 3.57. The molecule has 0 aliphatic heterocycles. The monoisotopic (exact) mass is 284 g/mol. The van der Waals surface area contributed by atoms with Crippen LogP contribution in [0.1, 0.15) is 50.3 Å². The quantitative estimate of drug-likeness (QED) is 0.847. The molecule has 1 heterocycles. The van der Waals surface area contributed by atoms with E-state index in [0.29, 0.717) is 6.54 Å². The van der Waals surface area contributed by atoms with Crippen LogP contribution in [-0.4, -0.2) is 16.6 Å². The summed E-state index contributed by atoms with van der Waals surface area (Å²) in [7, 11) is 0. The van der Waals surface area contributed by atoms with E-state index in [1.165, 1.54) is 12.8 Å². The Kier molecular flexibility index (Phi) is 4.22. The molecule has 112 valence electrons. The predicted octanol–water partition coefficient (Wildman–Crippen LogP) is 3.57. The van der Waals surface area contributed by atoms with Crippen LogP contribution in [0, 0.1) is 5.41 Å². The minimum atomic E-state index is -0.565. The summed E-state index contributed by atoms with van der Waals surface area (Å²) in [5.41, 5.74) is 7.57. The molecule has 1 saturated carbocycles. The average molecular weight is 284 g/mol. The number of nitrogens with zero attached hydrogens (tertiary/aromatic N) is 1. The highest BCUT2D eigenvalue weighted by molar-refractivity contribution is 5.78. The molecule has 1 fully saturated rings. The molecule has 1 aromatic heterocycles. The summed E-state index contributed by atoms with van der Waals surface area (Å²) < 4.78 is 0. The maximum atomic E-state index is 10.9. The lowest BCUT2D eigenvalue weighted by Crippen LogP contribution is -2.36. The van der Waals surface area contributed by atoms with Gasteiger partial charge in [0.2, 0.25) is 0 Å². The largest absolute Gasteiger partial charge is 0.386 e. The van der Waals surface area contributed by atoms with Gasteiger partial charge in [-0.05, 0) is 25.0 Å². The topological polar surface area (TPSA) is 59.1 Å². The lowest BCUT2D eigenvalue weighted by Gasteiger charge is -2.36. The van der Waals surface area contributed by atoms with E-state index < -0.39 is 6.10 Å². The van der Waals surface area contributed by atoms with E-state index in [4.69, 9.17) is 5.73 Å². The third kappa shape index (κ3) is 2.81. The van der Waals surface area contributed by atoms with Crippen molar-refractivity contribution in [2.45, 2.75) is 44.6 Å². The van der Waals surface area contributed by atoms with E-state index in [2.05, 4.69) is 4.98 Å². The number of aromatic nitrogens is 1. The Morgan fingerprint density at radius 3 is 2.48 bits per heavy atom. The van der Waals surface area contributed by atoms with Crippen LogP contribution < -0.4 is 5.73 Å². The molecule has 0 amide bonds. The summed E-state index contributed by atoms with van der Waals surface area (Å²) in [6, 6.07) is 12.0. The van der Waals surface area contributed by atoms with Crippen molar-refractivity contribution in [2.24, 2.45) is 11.1 Å². The molecular formula is C18H24N2O. The molecule has 3 rings (SSSR count). The van der Waals surface area contributed by atoms with Crippen LogP contribution in [0.5, 0.6) is 0 Å². The van der Waals surface area contributed by atoms with Gasteiger partial charge < -0.3 is 10.8 Å². The number of pyridine rings is 1. The van der Waals surface area contributed by atoms with Crippen molar-refractivity contribution >= 4 is 10.9 Å². The summed E-state index contributed by atoms with van der Waals surface area (Å²) >= 11 is 0. The van der Waals surface area contributed by atoms with Crippen LogP contribution in [0.4, 0.5) is 0 Å². The number of hydrogen-bond donors (Lipinski definition) is 2. The number of aliphatic hydroxyl groups is 1. The zero-order chi connectivity index (χ0) is 14.7.